The lowest BCUT2D eigenvalue weighted by molar-refractivity contribution is 0.0376. The van der Waals surface area contributed by atoms with E-state index in [0.29, 0.717) is 53.1 Å². The molecule has 0 atom stereocenters. The molecule has 0 spiro atoms. The Hall–Kier alpha value is -2.82. The lowest BCUT2D eigenvalue weighted by Crippen LogP contribution is -2.39. The Morgan fingerprint density at radius 1 is 1.15 bits per heavy atom. The van der Waals surface area contributed by atoms with Crippen LogP contribution in [-0.2, 0) is 4.74 Å². The maximum absolute atomic E-state index is 14.3. The van der Waals surface area contributed by atoms with Crippen molar-refractivity contribution in [2.45, 2.75) is 6.42 Å². The first-order valence-electron chi connectivity index (χ1n) is 10.6. The Morgan fingerprint density at radius 2 is 1.91 bits per heavy atom. The molecule has 4 rings (SSSR count). The lowest BCUT2D eigenvalue weighted by atomic mass is 10.1. The van der Waals surface area contributed by atoms with Crippen molar-refractivity contribution >= 4 is 32.6 Å². The van der Waals surface area contributed by atoms with Crippen molar-refractivity contribution in [2.24, 2.45) is 0 Å². The highest BCUT2D eigenvalue weighted by atomic mass is 32.1. The minimum Gasteiger partial charge on any atom is -0.493 e. The summed E-state index contributed by atoms with van der Waals surface area (Å²) in [7, 11) is 3.02. The molecular formula is C23H25F2N3O4S. The molecule has 1 fully saturated rings. The van der Waals surface area contributed by atoms with E-state index in [1.165, 1.54) is 25.2 Å². The van der Waals surface area contributed by atoms with Gasteiger partial charge in [-0.1, -0.05) is 11.3 Å². The van der Waals surface area contributed by atoms with E-state index in [4.69, 9.17) is 14.2 Å². The predicted octanol–water partition coefficient (Wildman–Crippen LogP) is 3.96. The summed E-state index contributed by atoms with van der Waals surface area (Å²) in [4.78, 5) is 21.6. The van der Waals surface area contributed by atoms with Crippen molar-refractivity contribution in [3.63, 3.8) is 0 Å². The Balaban J connectivity index is 1.63. The van der Waals surface area contributed by atoms with Gasteiger partial charge in [-0.05, 0) is 30.7 Å². The molecule has 2 aromatic carbocycles. The van der Waals surface area contributed by atoms with Crippen LogP contribution in [0, 0.1) is 11.6 Å². The summed E-state index contributed by atoms with van der Waals surface area (Å²) in [6.45, 7) is 4.22. The number of rotatable bonds is 8. The van der Waals surface area contributed by atoms with Crippen LogP contribution in [0.4, 0.5) is 13.9 Å². The smallest absolute Gasteiger partial charge is 0.260 e. The first kappa shape index (κ1) is 23.3. The largest absolute Gasteiger partial charge is 0.493 e. The lowest BCUT2D eigenvalue weighted by Gasteiger charge is -2.27. The Morgan fingerprint density at radius 3 is 2.64 bits per heavy atom. The Labute approximate surface area is 194 Å². The molecule has 2 heterocycles. The van der Waals surface area contributed by atoms with E-state index in [1.807, 2.05) is 0 Å². The fraction of sp³-hybridized carbons (Fsp3) is 0.391. The summed E-state index contributed by atoms with van der Waals surface area (Å²) in [5.74, 6) is -0.808. The summed E-state index contributed by atoms with van der Waals surface area (Å²) in [6, 6.07) is 6.93. The molecular weight excluding hydrogens is 452 g/mol. The van der Waals surface area contributed by atoms with Crippen LogP contribution in [-0.4, -0.2) is 69.4 Å². The molecule has 0 saturated carbocycles. The van der Waals surface area contributed by atoms with Gasteiger partial charge in [0.05, 0.1) is 32.1 Å². The molecule has 0 unspecified atom stereocenters. The van der Waals surface area contributed by atoms with Gasteiger partial charge in [-0.2, -0.15) is 0 Å². The predicted molar refractivity (Wildman–Crippen MR) is 123 cm³/mol. The van der Waals surface area contributed by atoms with Gasteiger partial charge < -0.3 is 14.2 Å². The van der Waals surface area contributed by atoms with E-state index in [-0.39, 0.29) is 11.4 Å². The first-order valence-corrected chi connectivity index (χ1v) is 11.4. The second-order valence-corrected chi connectivity index (χ2v) is 8.57. The number of carbonyl (C=O) groups excluding carboxylic acids is 1. The number of fused-ring (bicyclic) bond motifs is 1. The van der Waals surface area contributed by atoms with E-state index in [2.05, 4.69) is 9.88 Å². The quantitative estimate of drug-likeness (QED) is 0.490. The number of nitrogens with zero attached hydrogens (tertiary/aromatic N) is 3. The summed E-state index contributed by atoms with van der Waals surface area (Å²) in [6.07, 6.45) is 0.686. The van der Waals surface area contributed by atoms with Gasteiger partial charge in [-0.15, -0.1) is 0 Å². The van der Waals surface area contributed by atoms with Gasteiger partial charge in [0.2, 0.25) is 0 Å². The second-order valence-electron chi connectivity index (χ2n) is 7.56. The molecule has 0 radical (unpaired) electrons. The second kappa shape index (κ2) is 10.4. The highest BCUT2D eigenvalue weighted by molar-refractivity contribution is 7.22. The number of ether oxygens (including phenoxy) is 3. The topological polar surface area (TPSA) is 64.1 Å². The molecule has 1 amide bonds. The van der Waals surface area contributed by atoms with Crippen LogP contribution in [0.15, 0.2) is 30.3 Å². The number of carbonyl (C=O) groups is 1. The third kappa shape index (κ3) is 5.23. The summed E-state index contributed by atoms with van der Waals surface area (Å²) < 4.78 is 44.3. The highest BCUT2D eigenvalue weighted by Crippen LogP contribution is 2.33. The fourth-order valence-corrected chi connectivity index (χ4v) is 4.78. The van der Waals surface area contributed by atoms with Crippen LogP contribution in [0.2, 0.25) is 0 Å². The maximum atomic E-state index is 14.3. The van der Waals surface area contributed by atoms with Crippen molar-refractivity contribution < 1.29 is 27.8 Å². The minimum atomic E-state index is -0.751. The number of hydrogen-bond donors (Lipinski definition) is 0. The van der Waals surface area contributed by atoms with Gasteiger partial charge in [-0.3, -0.25) is 14.6 Å². The number of halogens is 2. The SMILES string of the molecule is COc1ccc(C(=O)N(CCCN2CCOCC2)c2nc3c(F)cc(F)cc3s2)cc1OC. The third-order valence-corrected chi connectivity index (χ3v) is 6.49. The zero-order valence-electron chi connectivity index (χ0n) is 18.5. The molecule has 7 nitrogen and oxygen atoms in total. The number of anilines is 1. The Bertz CT molecular complexity index is 1130. The number of thiazole rings is 1. The number of amides is 1. The van der Waals surface area contributed by atoms with Crippen molar-refractivity contribution in [1.82, 2.24) is 9.88 Å². The molecule has 0 bridgehead atoms. The molecule has 3 aromatic rings. The molecule has 1 saturated heterocycles. The normalized spacial score (nSPS) is 14.4. The van der Waals surface area contributed by atoms with Gasteiger partial charge in [0.25, 0.3) is 5.91 Å². The standard InChI is InChI=1S/C23H25F2N3O4S/c1-30-18-5-4-15(12-19(18)31-2)22(29)28(7-3-6-27-8-10-32-11-9-27)23-26-21-17(25)13-16(24)14-20(21)33-23/h4-5,12-14H,3,6-11H2,1-2H3. The van der Waals surface area contributed by atoms with Gasteiger partial charge >= 0.3 is 0 Å². The van der Waals surface area contributed by atoms with E-state index < -0.39 is 11.6 Å². The van der Waals surface area contributed by atoms with Crippen LogP contribution in [0.5, 0.6) is 11.5 Å². The average Bonchev–Trinajstić information content (AvgIpc) is 3.25. The average molecular weight is 478 g/mol. The molecule has 0 N–H and O–H groups in total. The first-order chi connectivity index (χ1) is 16.0. The zero-order valence-corrected chi connectivity index (χ0v) is 19.3. The maximum Gasteiger partial charge on any atom is 0.260 e. The van der Waals surface area contributed by atoms with Crippen LogP contribution in [0.1, 0.15) is 16.8 Å². The molecule has 33 heavy (non-hydrogen) atoms. The fourth-order valence-electron chi connectivity index (χ4n) is 3.75. The molecule has 10 heteroatoms. The molecule has 1 aliphatic rings. The molecule has 1 aliphatic heterocycles. The van der Waals surface area contributed by atoms with E-state index in [9.17, 15) is 13.6 Å². The van der Waals surface area contributed by atoms with Crippen molar-refractivity contribution in [1.29, 1.82) is 0 Å². The Kier molecular flexibility index (Phi) is 7.36. The van der Waals surface area contributed by atoms with Crippen LogP contribution >= 0.6 is 11.3 Å². The number of aromatic nitrogens is 1. The van der Waals surface area contributed by atoms with Gasteiger partial charge in [0.15, 0.2) is 22.4 Å². The number of methoxy groups -OCH3 is 2. The van der Waals surface area contributed by atoms with Gasteiger partial charge in [0.1, 0.15) is 11.3 Å². The van der Waals surface area contributed by atoms with Crippen molar-refractivity contribution in [3.05, 3.63) is 47.5 Å². The zero-order chi connectivity index (χ0) is 23.4. The van der Waals surface area contributed by atoms with Gasteiger partial charge in [0, 0.05) is 37.8 Å². The molecule has 176 valence electrons. The van der Waals surface area contributed by atoms with Crippen molar-refractivity contribution in [2.75, 3.05) is 58.5 Å². The molecule has 0 aliphatic carbocycles. The summed E-state index contributed by atoms with van der Waals surface area (Å²) >= 11 is 1.08. The summed E-state index contributed by atoms with van der Waals surface area (Å²) in [5.41, 5.74) is 0.430. The van der Waals surface area contributed by atoms with Crippen molar-refractivity contribution in [3.8, 4) is 11.5 Å². The third-order valence-electron chi connectivity index (χ3n) is 5.47. The van der Waals surface area contributed by atoms with Gasteiger partial charge in [-0.25, -0.2) is 13.8 Å². The monoisotopic (exact) mass is 477 g/mol. The number of hydrogen-bond acceptors (Lipinski definition) is 7. The van der Waals surface area contributed by atoms with E-state index in [1.54, 1.807) is 18.2 Å². The molecule has 1 aromatic heterocycles. The van der Waals surface area contributed by atoms with Crippen LogP contribution in [0.3, 0.4) is 0 Å². The van der Waals surface area contributed by atoms with Crippen LogP contribution in [0.25, 0.3) is 10.2 Å². The summed E-state index contributed by atoms with van der Waals surface area (Å²) in [5, 5.41) is 0.316. The van der Waals surface area contributed by atoms with E-state index >= 15 is 0 Å². The highest BCUT2D eigenvalue weighted by Gasteiger charge is 2.24. The van der Waals surface area contributed by atoms with E-state index in [0.717, 1.165) is 37.0 Å². The number of benzene rings is 2. The number of morpholine rings is 1. The van der Waals surface area contributed by atoms with Crippen LogP contribution < -0.4 is 14.4 Å². The minimum absolute atomic E-state index is 0.0506.